The van der Waals surface area contributed by atoms with Crippen molar-refractivity contribution in [3.05, 3.63) is 264 Å². The zero-order chi connectivity index (χ0) is 65.1. The summed E-state index contributed by atoms with van der Waals surface area (Å²) in [6.45, 7) is 2.53. The van der Waals surface area contributed by atoms with E-state index in [-0.39, 0.29) is 41.8 Å². The standard InChI is InChI=1S/C78H62Cl3N9O3S3/c1-41-32-44(45-23-28-61-56(36-45)59-40-64-73(91)85(31-30-42-10-3-2-4-11-42)76(94)87(64)70(69(59)83-61)47-12-7-15-50(79)33-47)24-29-63(41)90-75(93)66-39-58-55-27-22-46(37-62(55)84-68(58)72(89(66)78(90)96)49-14-9-17-52(81)35-49)43-20-25-53(26-21-43)86-74(92)65-38-57-54-18-5-6-19-60(54)82-67(57)71(88(65)77(86)95)48-13-8-16-51(80)34-48/h2-19,22-24,27-29,32-37,43,53,64-66,70-72,82-84H,20-21,25-26,30-31,38-40H2,1H3. The maximum atomic E-state index is 15.4. The molecule has 9 heterocycles. The second-order valence-electron chi connectivity index (χ2n) is 26.9. The summed E-state index contributed by atoms with van der Waals surface area (Å²) in [5, 5.41) is 6.66. The van der Waals surface area contributed by atoms with Crippen molar-refractivity contribution in [2.45, 2.75) is 107 Å². The van der Waals surface area contributed by atoms with Gasteiger partial charge in [0, 0.05) is 96.7 Å². The van der Waals surface area contributed by atoms with Crippen LogP contribution in [0.15, 0.2) is 182 Å². The van der Waals surface area contributed by atoms with Crippen molar-refractivity contribution in [3.63, 3.8) is 0 Å². The number of halogens is 3. The molecule has 3 aromatic heterocycles. The highest BCUT2D eigenvalue weighted by Gasteiger charge is 2.55. The number of aromatic amines is 3. The summed E-state index contributed by atoms with van der Waals surface area (Å²) in [5.74, 6) is 0.286. The fourth-order valence-electron chi connectivity index (χ4n) is 17.3. The van der Waals surface area contributed by atoms with Gasteiger partial charge in [0.15, 0.2) is 15.3 Å². The van der Waals surface area contributed by atoms with Gasteiger partial charge in [-0.05, 0) is 216 Å². The normalized spacial score (nSPS) is 23.0. The largest absolute Gasteiger partial charge is 0.356 e. The van der Waals surface area contributed by atoms with E-state index in [9.17, 15) is 9.59 Å². The molecule has 11 aromatic rings. The fraction of sp³-hybridized carbons (Fsp3) is 0.231. The molecule has 12 nitrogen and oxygen atoms in total. The molecule has 476 valence electrons. The molecule has 6 atom stereocenters. The van der Waals surface area contributed by atoms with Crippen LogP contribution in [0.2, 0.25) is 15.1 Å². The van der Waals surface area contributed by atoms with E-state index < -0.39 is 24.2 Å². The second-order valence-corrected chi connectivity index (χ2v) is 29.3. The van der Waals surface area contributed by atoms with E-state index in [1.165, 1.54) is 5.56 Å². The summed E-state index contributed by atoms with van der Waals surface area (Å²) < 4.78 is 0. The molecular weight excluding hydrogens is 1310 g/mol. The van der Waals surface area contributed by atoms with Crippen LogP contribution in [0.25, 0.3) is 43.8 Å². The number of fused-ring (bicyclic) bond motifs is 12. The molecule has 3 amide bonds. The van der Waals surface area contributed by atoms with Crippen molar-refractivity contribution in [2.24, 2.45) is 0 Å². The van der Waals surface area contributed by atoms with Gasteiger partial charge in [0.25, 0.3) is 17.7 Å². The zero-order valence-corrected chi connectivity index (χ0v) is 56.8. The monoisotopic (exact) mass is 1370 g/mol. The van der Waals surface area contributed by atoms with E-state index in [2.05, 4.69) is 127 Å². The Hall–Kier alpha value is -8.67. The Labute approximate surface area is 585 Å². The first-order chi connectivity index (χ1) is 46.7. The lowest BCUT2D eigenvalue weighted by atomic mass is 9.81. The molecule has 0 radical (unpaired) electrons. The third-order valence-corrected chi connectivity index (χ3v) is 23.7. The fourth-order valence-corrected chi connectivity index (χ4v) is 19.2. The topological polar surface area (TPSA) is 118 Å². The van der Waals surface area contributed by atoms with Crippen LogP contribution in [0, 0.1) is 6.92 Å². The van der Waals surface area contributed by atoms with Crippen molar-refractivity contribution in [2.75, 3.05) is 11.4 Å². The molecule has 18 heteroatoms. The van der Waals surface area contributed by atoms with Crippen molar-refractivity contribution >= 4 is 143 Å². The molecule has 18 rings (SSSR count). The van der Waals surface area contributed by atoms with E-state index >= 15 is 4.79 Å². The number of amides is 3. The summed E-state index contributed by atoms with van der Waals surface area (Å²) in [6.07, 6.45) is 5.67. The predicted octanol–water partition coefficient (Wildman–Crippen LogP) is 16.6. The highest BCUT2D eigenvalue weighted by atomic mass is 35.5. The summed E-state index contributed by atoms with van der Waals surface area (Å²) in [7, 11) is 0. The number of hydrogen-bond donors (Lipinski definition) is 3. The highest BCUT2D eigenvalue weighted by Crippen LogP contribution is 2.51. The number of anilines is 1. The van der Waals surface area contributed by atoms with Gasteiger partial charge in [0.05, 0.1) is 23.8 Å². The molecule has 3 N–H and O–H groups in total. The number of aryl methyl sites for hydroxylation is 1. The summed E-state index contributed by atoms with van der Waals surface area (Å²) in [4.78, 5) is 68.1. The minimum Gasteiger partial charge on any atom is -0.356 e. The second kappa shape index (κ2) is 23.0. The smallest absolute Gasteiger partial charge is 0.256 e. The van der Waals surface area contributed by atoms with E-state index in [4.69, 9.17) is 71.5 Å². The molecule has 0 bridgehead atoms. The van der Waals surface area contributed by atoms with Gasteiger partial charge in [-0.15, -0.1) is 0 Å². The molecule has 96 heavy (non-hydrogen) atoms. The summed E-state index contributed by atoms with van der Waals surface area (Å²) in [6, 6.07) is 59.2. The Morgan fingerprint density at radius 2 is 0.969 bits per heavy atom. The summed E-state index contributed by atoms with van der Waals surface area (Å²) >= 11 is 39.3. The first kappa shape index (κ1) is 59.8. The van der Waals surface area contributed by atoms with Crippen LogP contribution in [0.5, 0.6) is 0 Å². The van der Waals surface area contributed by atoms with E-state index in [1.807, 2.05) is 96.8 Å². The minimum atomic E-state index is -0.572. The van der Waals surface area contributed by atoms with Crippen LogP contribution < -0.4 is 4.90 Å². The van der Waals surface area contributed by atoms with Gasteiger partial charge in [-0.2, -0.15) is 0 Å². The van der Waals surface area contributed by atoms with Crippen LogP contribution in [0.4, 0.5) is 5.69 Å². The van der Waals surface area contributed by atoms with Crippen LogP contribution >= 0.6 is 71.5 Å². The van der Waals surface area contributed by atoms with Gasteiger partial charge < -0.3 is 29.7 Å². The highest BCUT2D eigenvalue weighted by molar-refractivity contribution is 7.80. The Kier molecular flexibility index (Phi) is 14.3. The SMILES string of the molecule is Cc1cc(-c2ccc3[nH]c4c(c3c2)CC2C(=O)N(CCc3ccccc3)C(=S)N2C4c2cccc(Cl)c2)ccc1N1C(=O)C2Cc3c([nH]c4cc(C5CCC(N6C(=O)C7Cc8c([nH]c9ccccc89)C(c8cccc(Cl)c8)N7C6=S)CC5)ccc34)C(c3cccc(Cl)c3)N2C1=S. The van der Waals surface area contributed by atoms with Gasteiger partial charge in [-0.25, -0.2) is 0 Å². The molecule has 7 aliphatic rings. The quantitative estimate of drug-likeness (QED) is 0.115. The number of para-hydroxylation sites is 1. The number of rotatable bonds is 10. The van der Waals surface area contributed by atoms with Gasteiger partial charge >= 0.3 is 0 Å². The number of carbonyl (C=O) groups is 3. The van der Waals surface area contributed by atoms with Gasteiger partial charge in [0.1, 0.15) is 18.1 Å². The average molecular weight is 1380 g/mol. The van der Waals surface area contributed by atoms with Gasteiger partial charge in [-0.3, -0.25) is 29.1 Å². The van der Waals surface area contributed by atoms with Crippen LogP contribution in [0.3, 0.4) is 0 Å². The molecule has 0 spiro atoms. The molecule has 6 aliphatic heterocycles. The third kappa shape index (κ3) is 9.38. The molecule has 4 fully saturated rings. The first-order valence-corrected chi connectivity index (χ1v) is 35.3. The van der Waals surface area contributed by atoms with Crippen LogP contribution in [-0.4, -0.2) is 103 Å². The first-order valence-electron chi connectivity index (χ1n) is 33.0. The van der Waals surface area contributed by atoms with Crippen molar-refractivity contribution in [3.8, 4) is 11.1 Å². The molecule has 3 saturated heterocycles. The maximum Gasteiger partial charge on any atom is 0.256 e. The van der Waals surface area contributed by atoms with Gasteiger partial charge in [-0.1, -0.05) is 144 Å². The number of H-pyrrole nitrogens is 3. The Morgan fingerprint density at radius 3 is 1.59 bits per heavy atom. The number of nitrogens with one attached hydrogen (secondary N) is 3. The van der Waals surface area contributed by atoms with Crippen LogP contribution in [-0.2, 0) is 40.1 Å². The number of nitrogens with zero attached hydrogens (tertiary/aromatic N) is 6. The van der Waals surface area contributed by atoms with E-state index in [1.54, 1.807) is 9.80 Å². The number of carbonyl (C=O) groups excluding carboxylic acids is 3. The summed E-state index contributed by atoms with van der Waals surface area (Å²) in [5.41, 5.74) is 18.3. The zero-order valence-electron chi connectivity index (χ0n) is 52.1. The lowest BCUT2D eigenvalue weighted by Crippen LogP contribution is -2.44. The van der Waals surface area contributed by atoms with E-state index in [0.29, 0.717) is 62.6 Å². The van der Waals surface area contributed by atoms with Crippen molar-refractivity contribution < 1.29 is 14.4 Å². The molecular formula is C78H62Cl3N9O3S3. The lowest BCUT2D eigenvalue weighted by molar-refractivity contribution is -0.130. The van der Waals surface area contributed by atoms with Gasteiger partial charge in [0.2, 0.25) is 0 Å². The Morgan fingerprint density at radius 1 is 0.448 bits per heavy atom. The Bertz CT molecular complexity index is 5170. The molecule has 1 saturated carbocycles. The predicted molar refractivity (Wildman–Crippen MR) is 392 cm³/mol. The van der Waals surface area contributed by atoms with E-state index in [0.717, 1.165) is 137 Å². The number of hydrogen-bond acceptors (Lipinski definition) is 6. The third-order valence-electron chi connectivity index (χ3n) is 21.7. The Balaban J connectivity index is 0.607. The maximum absolute atomic E-state index is 15.4. The molecule has 8 aromatic carbocycles. The minimum absolute atomic E-state index is 0.00716. The molecule has 1 aliphatic carbocycles. The van der Waals surface area contributed by atoms with Crippen LogP contribution in [0.1, 0.15) is 117 Å². The lowest BCUT2D eigenvalue weighted by Gasteiger charge is -2.38. The molecule has 6 unspecified atom stereocenters. The number of benzene rings is 8. The number of aromatic nitrogens is 3. The van der Waals surface area contributed by atoms with Crippen molar-refractivity contribution in [1.29, 1.82) is 0 Å². The van der Waals surface area contributed by atoms with Crippen molar-refractivity contribution in [1.82, 2.24) is 39.5 Å². The average Bonchev–Trinajstić information content (AvgIpc) is 1.57. The number of thiocarbonyl (C=S) groups is 3.